The lowest BCUT2D eigenvalue weighted by Crippen LogP contribution is -2.53. The number of likely N-dealkylation sites (N-methyl/N-ethyl adjacent to an activating group) is 2. The van der Waals surface area contributed by atoms with Crippen molar-refractivity contribution in [3.05, 3.63) is 35.4 Å². The number of nitrogens with two attached hydrogens (primary N) is 1. The molecule has 1 atom stereocenters. The van der Waals surface area contributed by atoms with E-state index in [0.717, 1.165) is 26.2 Å². The van der Waals surface area contributed by atoms with Crippen LogP contribution in [-0.4, -0.2) is 49.1 Å². The van der Waals surface area contributed by atoms with Crippen LogP contribution in [0.1, 0.15) is 17.5 Å². The van der Waals surface area contributed by atoms with Crippen molar-refractivity contribution in [2.75, 3.05) is 33.7 Å². The molecular weight excluding hydrogens is 222 g/mol. The van der Waals surface area contributed by atoms with E-state index in [9.17, 15) is 0 Å². The molecule has 0 amide bonds. The number of hydrogen-bond acceptors (Lipinski definition) is 3. The van der Waals surface area contributed by atoms with Crippen LogP contribution in [0.5, 0.6) is 0 Å². The van der Waals surface area contributed by atoms with Crippen molar-refractivity contribution in [2.45, 2.75) is 25.4 Å². The number of rotatable bonds is 4. The number of likely N-dealkylation sites (tertiary alicyclic amines) is 1. The average Bonchev–Trinajstić information content (AvgIpc) is 2.72. The molecule has 0 spiro atoms. The van der Waals surface area contributed by atoms with Crippen LogP contribution in [0, 0.1) is 6.92 Å². The number of benzene rings is 1. The Labute approximate surface area is 111 Å². The largest absolute Gasteiger partial charge is 0.329 e. The Kier molecular flexibility index (Phi) is 4.05. The summed E-state index contributed by atoms with van der Waals surface area (Å²) in [6.07, 6.45) is 1.17. The standard InChI is InChI=1S/C15H25N3/c1-13-5-4-6-14(9-13)10-18(3)15(11-16)7-8-17(2)12-15/h4-6,9H,7-8,10-12,16H2,1-3H3. The van der Waals surface area contributed by atoms with Gasteiger partial charge in [0, 0.05) is 25.2 Å². The van der Waals surface area contributed by atoms with Crippen molar-refractivity contribution in [1.29, 1.82) is 0 Å². The van der Waals surface area contributed by atoms with E-state index in [-0.39, 0.29) is 5.54 Å². The highest BCUT2D eigenvalue weighted by atomic mass is 15.3. The Morgan fingerprint density at radius 3 is 2.78 bits per heavy atom. The smallest absolute Gasteiger partial charge is 0.0470 e. The predicted octanol–water partition coefficient (Wildman–Crippen LogP) is 1.46. The molecule has 0 aromatic heterocycles. The van der Waals surface area contributed by atoms with Gasteiger partial charge in [-0.25, -0.2) is 0 Å². The van der Waals surface area contributed by atoms with Gasteiger partial charge in [0.2, 0.25) is 0 Å². The Hall–Kier alpha value is -0.900. The van der Waals surface area contributed by atoms with Crippen LogP contribution in [0.3, 0.4) is 0 Å². The maximum Gasteiger partial charge on any atom is 0.0470 e. The van der Waals surface area contributed by atoms with E-state index in [2.05, 4.69) is 55.1 Å². The summed E-state index contributed by atoms with van der Waals surface area (Å²) in [6, 6.07) is 8.74. The topological polar surface area (TPSA) is 32.5 Å². The zero-order chi connectivity index (χ0) is 13.2. The van der Waals surface area contributed by atoms with Crippen molar-refractivity contribution >= 4 is 0 Å². The minimum absolute atomic E-state index is 0.151. The van der Waals surface area contributed by atoms with E-state index in [1.165, 1.54) is 17.5 Å². The van der Waals surface area contributed by atoms with Gasteiger partial charge in [-0.15, -0.1) is 0 Å². The maximum atomic E-state index is 6.05. The zero-order valence-electron chi connectivity index (χ0n) is 11.8. The fourth-order valence-corrected chi connectivity index (χ4v) is 2.95. The highest BCUT2D eigenvalue weighted by Crippen LogP contribution is 2.26. The summed E-state index contributed by atoms with van der Waals surface area (Å²) in [5.74, 6) is 0. The SMILES string of the molecule is Cc1cccc(CN(C)C2(CN)CCN(C)C2)c1. The number of aryl methyl sites for hydroxylation is 1. The molecule has 1 aromatic carbocycles. The normalized spacial score (nSPS) is 24.9. The van der Waals surface area contributed by atoms with Gasteiger partial charge in [-0.3, -0.25) is 4.90 Å². The van der Waals surface area contributed by atoms with E-state index in [1.807, 2.05) is 0 Å². The minimum atomic E-state index is 0.151. The number of hydrogen-bond donors (Lipinski definition) is 1. The van der Waals surface area contributed by atoms with Gasteiger partial charge in [0.25, 0.3) is 0 Å². The molecule has 1 saturated heterocycles. The van der Waals surface area contributed by atoms with Crippen LogP contribution in [0.2, 0.25) is 0 Å². The molecule has 1 unspecified atom stereocenters. The van der Waals surface area contributed by atoms with Crippen molar-refractivity contribution in [3.63, 3.8) is 0 Å². The molecule has 1 aromatic rings. The second kappa shape index (κ2) is 5.39. The molecule has 1 fully saturated rings. The van der Waals surface area contributed by atoms with Crippen molar-refractivity contribution in [1.82, 2.24) is 9.80 Å². The fourth-order valence-electron chi connectivity index (χ4n) is 2.95. The zero-order valence-corrected chi connectivity index (χ0v) is 11.8. The van der Waals surface area contributed by atoms with Crippen LogP contribution in [-0.2, 0) is 6.54 Å². The Balaban J connectivity index is 2.09. The van der Waals surface area contributed by atoms with Gasteiger partial charge in [0.1, 0.15) is 0 Å². The van der Waals surface area contributed by atoms with Gasteiger partial charge < -0.3 is 10.6 Å². The van der Waals surface area contributed by atoms with Crippen LogP contribution < -0.4 is 5.73 Å². The summed E-state index contributed by atoms with van der Waals surface area (Å²) in [5.41, 5.74) is 8.90. The summed E-state index contributed by atoms with van der Waals surface area (Å²) >= 11 is 0. The summed E-state index contributed by atoms with van der Waals surface area (Å²) in [5, 5.41) is 0. The lowest BCUT2D eigenvalue weighted by atomic mass is 9.96. The fraction of sp³-hybridized carbons (Fsp3) is 0.600. The lowest BCUT2D eigenvalue weighted by Gasteiger charge is -2.38. The van der Waals surface area contributed by atoms with Crippen LogP contribution in [0.4, 0.5) is 0 Å². The Bertz CT molecular complexity index is 404. The van der Waals surface area contributed by atoms with E-state index in [0.29, 0.717) is 0 Å². The van der Waals surface area contributed by atoms with Crippen molar-refractivity contribution in [3.8, 4) is 0 Å². The molecule has 2 N–H and O–H groups in total. The van der Waals surface area contributed by atoms with Gasteiger partial charge in [0.05, 0.1) is 0 Å². The summed E-state index contributed by atoms with van der Waals surface area (Å²) in [6.45, 7) is 6.08. The van der Waals surface area contributed by atoms with Crippen molar-refractivity contribution < 1.29 is 0 Å². The van der Waals surface area contributed by atoms with Crippen LogP contribution in [0.25, 0.3) is 0 Å². The minimum Gasteiger partial charge on any atom is -0.329 e. The first kappa shape index (κ1) is 13.5. The molecule has 3 heteroatoms. The number of nitrogens with zero attached hydrogens (tertiary/aromatic N) is 2. The molecule has 0 radical (unpaired) electrons. The quantitative estimate of drug-likeness (QED) is 0.874. The maximum absolute atomic E-state index is 6.05. The lowest BCUT2D eigenvalue weighted by molar-refractivity contribution is 0.126. The first-order valence-corrected chi connectivity index (χ1v) is 6.71. The molecular formula is C15H25N3. The monoisotopic (exact) mass is 247 g/mol. The molecule has 18 heavy (non-hydrogen) atoms. The second-order valence-corrected chi connectivity index (χ2v) is 5.76. The van der Waals surface area contributed by atoms with E-state index in [4.69, 9.17) is 5.73 Å². The third-order valence-electron chi connectivity index (χ3n) is 4.22. The second-order valence-electron chi connectivity index (χ2n) is 5.76. The summed E-state index contributed by atoms with van der Waals surface area (Å²) in [4.78, 5) is 4.81. The van der Waals surface area contributed by atoms with Gasteiger partial charge in [0.15, 0.2) is 0 Å². The average molecular weight is 247 g/mol. The summed E-state index contributed by atoms with van der Waals surface area (Å²) < 4.78 is 0. The highest BCUT2D eigenvalue weighted by Gasteiger charge is 2.38. The van der Waals surface area contributed by atoms with E-state index in [1.54, 1.807) is 0 Å². The molecule has 1 aliphatic heterocycles. The molecule has 1 heterocycles. The molecule has 1 aliphatic rings. The van der Waals surface area contributed by atoms with Crippen LogP contribution >= 0.6 is 0 Å². The first-order chi connectivity index (χ1) is 8.55. The van der Waals surface area contributed by atoms with Gasteiger partial charge in [-0.1, -0.05) is 29.8 Å². The third kappa shape index (κ3) is 2.74. The first-order valence-electron chi connectivity index (χ1n) is 6.71. The molecule has 0 saturated carbocycles. The highest BCUT2D eigenvalue weighted by molar-refractivity contribution is 5.22. The molecule has 3 nitrogen and oxygen atoms in total. The molecule has 2 rings (SSSR count). The third-order valence-corrected chi connectivity index (χ3v) is 4.22. The van der Waals surface area contributed by atoms with Gasteiger partial charge >= 0.3 is 0 Å². The van der Waals surface area contributed by atoms with Gasteiger partial charge in [-0.2, -0.15) is 0 Å². The molecule has 0 aliphatic carbocycles. The Morgan fingerprint density at radius 2 is 2.22 bits per heavy atom. The molecule has 100 valence electrons. The predicted molar refractivity (Wildman–Crippen MR) is 76.5 cm³/mol. The van der Waals surface area contributed by atoms with Crippen LogP contribution in [0.15, 0.2) is 24.3 Å². The van der Waals surface area contributed by atoms with E-state index < -0.39 is 0 Å². The molecule has 0 bridgehead atoms. The van der Waals surface area contributed by atoms with E-state index >= 15 is 0 Å². The van der Waals surface area contributed by atoms with Crippen molar-refractivity contribution in [2.24, 2.45) is 5.73 Å². The Morgan fingerprint density at radius 1 is 1.44 bits per heavy atom. The van der Waals surface area contributed by atoms with Gasteiger partial charge in [-0.05, 0) is 39.5 Å². The summed E-state index contributed by atoms with van der Waals surface area (Å²) in [7, 11) is 4.38.